The monoisotopic (exact) mass is 1020 g/mol. The molecule has 1 unspecified atom stereocenters. The Labute approximate surface area is 414 Å². The Morgan fingerprint density at radius 3 is 2.58 bits per heavy atom. The quantitative estimate of drug-likeness (QED) is 0.0896. The molecule has 69 heavy (non-hydrogen) atoms. The Kier molecular flexibility index (Phi) is 18.9. The first-order valence-electron chi connectivity index (χ1n) is 24.4. The number of hydrogen-bond donors (Lipinski definition) is 4. The van der Waals surface area contributed by atoms with Gasteiger partial charge in [0.25, 0.3) is 0 Å². The molecule has 15 nitrogen and oxygen atoms in total. The maximum absolute atomic E-state index is 13.5. The van der Waals surface area contributed by atoms with Crippen LogP contribution in [0.15, 0.2) is 92.2 Å². The number of hydrogen-bond acceptors (Lipinski definition) is 15. The number of oxazole rings is 2. The van der Waals surface area contributed by atoms with Crippen molar-refractivity contribution >= 4 is 34.1 Å². The van der Waals surface area contributed by atoms with E-state index in [1.54, 1.807) is 30.5 Å². The Hall–Kier alpha value is -3.81. The van der Waals surface area contributed by atoms with Gasteiger partial charge in [0.1, 0.15) is 36.1 Å². The highest BCUT2D eigenvalue weighted by Crippen LogP contribution is 2.40. The van der Waals surface area contributed by atoms with Crippen molar-refractivity contribution in [1.82, 2.24) is 9.97 Å². The van der Waals surface area contributed by atoms with Crippen molar-refractivity contribution < 1.29 is 62.5 Å². The van der Waals surface area contributed by atoms with E-state index in [2.05, 4.69) is 22.5 Å². The zero-order chi connectivity index (χ0) is 49.2. The van der Waals surface area contributed by atoms with Crippen molar-refractivity contribution in [2.75, 3.05) is 13.7 Å². The SMILES string of the molecule is C=C1C[C@@H]2C[C@@H]3C[C@@H](O)C[C@@H](O3)c3coc(n3)/C=C/C[C@H]3OC(/C(C)=C/c4coc(C[C@]5(O)C[C@H](CO)C[C@H]([C@H](O)/C=C(C)/C=C/[C@@H](C/C=C/Br)OC)O5)n4)[C@H](C)[C@@H](OC(=O)/C=C\C[C@@H](C1)O2)[C@H]3C. The van der Waals surface area contributed by atoms with Gasteiger partial charge in [-0.3, -0.25) is 0 Å². The summed E-state index contributed by atoms with van der Waals surface area (Å²) in [6.45, 7) is 11.9. The number of carbonyl (C=O) groups is 1. The molecule has 0 spiro atoms. The van der Waals surface area contributed by atoms with Gasteiger partial charge in [-0.2, -0.15) is 0 Å². The van der Waals surface area contributed by atoms with Gasteiger partial charge in [0.2, 0.25) is 5.89 Å². The molecule has 4 fully saturated rings. The summed E-state index contributed by atoms with van der Waals surface area (Å²) in [7, 11) is 1.64. The second kappa shape index (κ2) is 24.5. The lowest BCUT2D eigenvalue weighted by Crippen LogP contribution is -2.50. The van der Waals surface area contributed by atoms with E-state index < -0.39 is 48.4 Å². The first-order valence-corrected chi connectivity index (χ1v) is 25.3. The lowest BCUT2D eigenvalue weighted by Gasteiger charge is -2.44. The number of carbonyl (C=O) groups excluding carboxylic acids is 1. The third-order valence-electron chi connectivity index (χ3n) is 13.9. The molecule has 4 N–H and O–H groups in total. The van der Waals surface area contributed by atoms with Crippen LogP contribution in [-0.4, -0.2) is 117 Å². The van der Waals surface area contributed by atoms with Gasteiger partial charge in [-0.05, 0) is 87.4 Å². The van der Waals surface area contributed by atoms with E-state index in [1.165, 1.54) is 12.3 Å². The van der Waals surface area contributed by atoms with Crippen LogP contribution in [0.1, 0.15) is 121 Å². The number of allylic oxidation sites excluding steroid dienone is 2. The molecule has 0 amide bonds. The van der Waals surface area contributed by atoms with Crippen molar-refractivity contribution in [2.24, 2.45) is 17.8 Å². The highest BCUT2D eigenvalue weighted by Gasteiger charge is 2.45. The third-order valence-corrected chi connectivity index (χ3v) is 14.3. The molecule has 5 aliphatic rings. The Morgan fingerprint density at radius 1 is 1.00 bits per heavy atom. The Morgan fingerprint density at radius 2 is 1.80 bits per heavy atom. The van der Waals surface area contributed by atoms with Gasteiger partial charge in [0, 0.05) is 50.9 Å². The van der Waals surface area contributed by atoms with Gasteiger partial charge < -0.3 is 57.7 Å². The lowest BCUT2D eigenvalue weighted by atomic mass is 9.79. The van der Waals surface area contributed by atoms with Crippen molar-refractivity contribution in [3.8, 4) is 0 Å². The van der Waals surface area contributed by atoms with Crippen LogP contribution in [0.5, 0.6) is 0 Å². The molecule has 7 rings (SSSR count). The number of ether oxygens (including phenoxy) is 6. The predicted octanol–water partition coefficient (Wildman–Crippen LogP) is 8.35. The smallest absolute Gasteiger partial charge is 0.330 e. The highest BCUT2D eigenvalue weighted by atomic mass is 79.9. The van der Waals surface area contributed by atoms with Crippen LogP contribution in [0.3, 0.4) is 0 Å². The van der Waals surface area contributed by atoms with Gasteiger partial charge in [0.15, 0.2) is 11.7 Å². The van der Waals surface area contributed by atoms with E-state index in [1.807, 2.05) is 64.2 Å². The normalized spacial score (nSPS) is 36.1. The first-order chi connectivity index (χ1) is 33.1. The summed E-state index contributed by atoms with van der Waals surface area (Å²) in [5.41, 5.74) is 3.80. The lowest BCUT2D eigenvalue weighted by molar-refractivity contribution is -0.279. The fourth-order valence-corrected chi connectivity index (χ4v) is 10.7. The van der Waals surface area contributed by atoms with Crippen molar-refractivity contribution in [3.63, 3.8) is 0 Å². The molecule has 7 heterocycles. The fourth-order valence-electron chi connectivity index (χ4n) is 10.5. The zero-order valence-corrected chi connectivity index (χ0v) is 42.0. The van der Waals surface area contributed by atoms with Crippen molar-refractivity contribution in [3.05, 3.63) is 107 Å². The van der Waals surface area contributed by atoms with E-state index >= 15 is 0 Å². The molecule has 5 aliphatic heterocycles. The van der Waals surface area contributed by atoms with E-state index in [-0.39, 0.29) is 73.6 Å². The molecule has 16 heteroatoms. The summed E-state index contributed by atoms with van der Waals surface area (Å²) in [5, 5.41) is 44.1. The van der Waals surface area contributed by atoms with E-state index in [9.17, 15) is 25.2 Å². The maximum Gasteiger partial charge on any atom is 0.330 e. The molecule has 0 aliphatic carbocycles. The summed E-state index contributed by atoms with van der Waals surface area (Å²) in [5.74, 6) is -2.37. The number of methoxy groups -OCH3 is 1. The number of aromatic nitrogens is 2. The third kappa shape index (κ3) is 14.6. The number of rotatable bonds is 12. The van der Waals surface area contributed by atoms with Crippen LogP contribution < -0.4 is 0 Å². The van der Waals surface area contributed by atoms with Gasteiger partial charge in [-0.25, -0.2) is 14.8 Å². The molecule has 0 saturated carbocycles. The summed E-state index contributed by atoms with van der Waals surface area (Å²) in [6, 6.07) is 0. The van der Waals surface area contributed by atoms with Crippen LogP contribution in [-0.2, 0) is 39.6 Å². The molecule has 8 bridgehead atoms. The summed E-state index contributed by atoms with van der Waals surface area (Å²) >= 11 is 3.28. The average molecular weight is 1020 g/mol. The number of fused-ring (bicyclic) bond motifs is 9. The molecule has 4 saturated heterocycles. The fraction of sp³-hybridized carbons (Fsp3) is 0.604. The first kappa shape index (κ1) is 53.0. The van der Waals surface area contributed by atoms with Gasteiger partial charge in [-0.1, -0.05) is 84.0 Å². The number of nitrogens with zero attached hydrogens (tertiary/aromatic N) is 2. The van der Waals surface area contributed by atoms with Crippen LogP contribution in [0, 0.1) is 17.8 Å². The van der Waals surface area contributed by atoms with Gasteiger partial charge >= 0.3 is 5.97 Å². The van der Waals surface area contributed by atoms with Crippen LogP contribution >= 0.6 is 15.9 Å². The largest absolute Gasteiger partial charge is 0.458 e. The second-order valence-corrected chi connectivity index (χ2v) is 20.2. The van der Waals surface area contributed by atoms with Crippen LogP contribution in [0.25, 0.3) is 12.2 Å². The minimum Gasteiger partial charge on any atom is -0.458 e. The second-order valence-electron chi connectivity index (χ2n) is 19.7. The Bertz CT molecular complexity index is 2210. The van der Waals surface area contributed by atoms with E-state index in [0.29, 0.717) is 75.1 Å². The topological polar surface area (TPSA) is 205 Å². The average Bonchev–Trinajstić information content (AvgIpc) is 3.96. The van der Waals surface area contributed by atoms with Crippen molar-refractivity contribution in [1.29, 1.82) is 0 Å². The van der Waals surface area contributed by atoms with Crippen LogP contribution in [0.4, 0.5) is 0 Å². The number of esters is 1. The standard InChI is InChI=1S/C53H71BrN2O13/c1-31(15-16-39(62-6)11-9-17-54)20-44(59)47-22-36(28-57)26-53(61,69-47)27-49-55-37(29-63-49)21-33(3)51-35(5)52-34(4)45(67-51)12-8-13-48-56-43(30-64-48)46-24-38(58)23-42(66-46)25-41-19-32(2)18-40(65-41)10-7-14-50(60)68-52/h7-9,13-17,20-21,29-30,34-36,38-42,44-47,51-52,57-59,61H,2,10-12,18-19,22-28H2,1,3-6H3/b13-8+,14-7-,16-15+,17-9+,31-20+,33-21+/t34-,35-,36+,38+,39+,40-,41+,42-,44+,45+,46+,47+,51?,52-,53-/m0/s1. The summed E-state index contributed by atoms with van der Waals surface area (Å²) in [4.78, 5) is 24.7. The Balaban J connectivity index is 1.06. The van der Waals surface area contributed by atoms with Crippen LogP contribution in [0.2, 0.25) is 0 Å². The van der Waals surface area contributed by atoms with Gasteiger partial charge in [-0.15, -0.1) is 0 Å². The molecular weight excluding hydrogens is 952 g/mol. The summed E-state index contributed by atoms with van der Waals surface area (Å²) < 4.78 is 49.4. The van der Waals surface area contributed by atoms with E-state index in [4.69, 9.17) is 47.2 Å². The maximum atomic E-state index is 13.5. The molecule has 0 radical (unpaired) electrons. The molecule has 15 atom stereocenters. The summed E-state index contributed by atoms with van der Waals surface area (Å²) in [6.07, 6.45) is 19.5. The highest BCUT2D eigenvalue weighted by molar-refractivity contribution is 9.11. The predicted molar refractivity (Wildman–Crippen MR) is 261 cm³/mol. The van der Waals surface area contributed by atoms with Crippen molar-refractivity contribution in [2.45, 2.75) is 171 Å². The van der Waals surface area contributed by atoms with E-state index in [0.717, 1.165) is 16.7 Å². The number of halogens is 1. The molecule has 378 valence electrons. The molecule has 2 aromatic rings. The minimum absolute atomic E-state index is 0.114. The minimum atomic E-state index is -1.76. The van der Waals surface area contributed by atoms with Gasteiger partial charge in [0.05, 0.1) is 61.4 Å². The molecule has 2 aromatic heterocycles. The zero-order valence-electron chi connectivity index (χ0n) is 40.4. The molecular formula is C53H71BrN2O13. The molecule has 0 aromatic carbocycles. The number of aliphatic hydroxyl groups excluding tert-OH is 3. The number of aliphatic hydroxyl groups is 4.